The fourth-order valence-corrected chi connectivity index (χ4v) is 2.57. The lowest BCUT2D eigenvalue weighted by atomic mass is 10.2. The zero-order valence-electron chi connectivity index (χ0n) is 15.3. The van der Waals surface area contributed by atoms with Gasteiger partial charge in [-0.2, -0.15) is 0 Å². The van der Waals surface area contributed by atoms with Crippen molar-refractivity contribution in [2.24, 2.45) is 4.99 Å². The van der Waals surface area contributed by atoms with Gasteiger partial charge in [-0.3, -0.25) is 9.79 Å². The van der Waals surface area contributed by atoms with Crippen LogP contribution in [0.25, 0.3) is 0 Å². The standard InChI is InChI=1S/C19H24ClN5O/c1-14-8-9-17(23-12-14)24-18(26)10-11-22-19(21-2)25(3)13-15-6-4-5-7-16(15)20/h4-9,12H,10-11,13H2,1-3H3,(H,21,22)(H,23,24,26). The van der Waals surface area contributed by atoms with Crippen LogP contribution in [-0.4, -0.2) is 42.4 Å². The van der Waals surface area contributed by atoms with Gasteiger partial charge in [-0.15, -0.1) is 0 Å². The van der Waals surface area contributed by atoms with Crippen LogP contribution in [0, 0.1) is 6.92 Å². The molecule has 0 bridgehead atoms. The second-order valence-corrected chi connectivity index (χ2v) is 6.35. The summed E-state index contributed by atoms with van der Waals surface area (Å²) in [7, 11) is 3.64. The van der Waals surface area contributed by atoms with Gasteiger partial charge in [0, 0.05) is 44.8 Å². The molecule has 26 heavy (non-hydrogen) atoms. The SMILES string of the molecule is CN=C(NCCC(=O)Nc1ccc(C)cn1)N(C)Cc1ccccc1Cl. The Bertz CT molecular complexity index is 761. The molecule has 0 fully saturated rings. The summed E-state index contributed by atoms with van der Waals surface area (Å²) in [5.74, 6) is 1.16. The Morgan fingerprint density at radius 1 is 1.27 bits per heavy atom. The minimum Gasteiger partial charge on any atom is -0.356 e. The Hall–Kier alpha value is -2.60. The average Bonchev–Trinajstić information content (AvgIpc) is 2.62. The molecule has 1 heterocycles. The predicted octanol–water partition coefficient (Wildman–Crippen LogP) is 3.08. The van der Waals surface area contributed by atoms with E-state index < -0.39 is 0 Å². The number of pyridine rings is 1. The van der Waals surface area contributed by atoms with Crippen LogP contribution in [0.1, 0.15) is 17.5 Å². The number of aromatic nitrogens is 1. The Morgan fingerprint density at radius 2 is 2.04 bits per heavy atom. The number of benzene rings is 1. The fraction of sp³-hybridized carbons (Fsp3) is 0.316. The quantitative estimate of drug-likeness (QED) is 0.603. The van der Waals surface area contributed by atoms with E-state index in [1.54, 1.807) is 19.3 Å². The zero-order valence-corrected chi connectivity index (χ0v) is 16.0. The van der Waals surface area contributed by atoms with Crippen LogP contribution >= 0.6 is 11.6 Å². The first-order valence-electron chi connectivity index (χ1n) is 8.37. The van der Waals surface area contributed by atoms with Gasteiger partial charge in [-0.25, -0.2) is 4.98 Å². The maximum atomic E-state index is 12.0. The summed E-state index contributed by atoms with van der Waals surface area (Å²) >= 11 is 6.20. The van der Waals surface area contributed by atoms with Crippen LogP contribution in [0.4, 0.5) is 5.82 Å². The highest BCUT2D eigenvalue weighted by atomic mass is 35.5. The number of nitrogens with one attached hydrogen (secondary N) is 2. The van der Waals surface area contributed by atoms with Gasteiger partial charge < -0.3 is 15.5 Å². The molecule has 6 nitrogen and oxygen atoms in total. The summed E-state index contributed by atoms with van der Waals surface area (Å²) < 4.78 is 0. The van der Waals surface area contributed by atoms with Crippen molar-refractivity contribution in [3.05, 3.63) is 58.7 Å². The number of aryl methyl sites for hydroxylation is 1. The molecule has 0 aliphatic heterocycles. The van der Waals surface area contributed by atoms with Crippen LogP contribution in [0.15, 0.2) is 47.6 Å². The normalized spacial score (nSPS) is 11.2. The van der Waals surface area contributed by atoms with Crippen LogP contribution in [0.5, 0.6) is 0 Å². The van der Waals surface area contributed by atoms with E-state index in [9.17, 15) is 4.79 Å². The number of hydrogen-bond acceptors (Lipinski definition) is 3. The smallest absolute Gasteiger partial charge is 0.227 e. The number of guanidine groups is 1. The molecule has 0 radical (unpaired) electrons. The number of carbonyl (C=O) groups excluding carboxylic acids is 1. The van der Waals surface area contributed by atoms with E-state index in [1.165, 1.54) is 0 Å². The second-order valence-electron chi connectivity index (χ2n) is 5.94. The number of anilines is 1. The molecule has 0 aliphatic carbocycles. The van der Waals surface area contributed by atoms with Crippen LogP contribution in [-0.2, 0) is 11.3 Å². The third-order valence-corrected chi connectivity index (χ3v) is 4.12. The van der Waals surface area contributed by atoms with Crippen LogP contribution in [0.2, 0.25) is 5.02 Å². The van der Waals surface area contributed by atoms with Gasteiger partial charge in [0.25, 0.3) is 0 Å². The molecule has 7 heteroatoms. The van der Waals surface area contributed by atoms with Crippen molar-refractivity contribution in [1.82, 2.24) is 15.2 Å². The molecule has 138 valence electrons. The first kappa shape index (κ1) is 19.7. The second kappa shape index (κ2) is 9.77. The number of aliphatic imine (C=N–C) groups is 1. The molecule has 2 rings (SSSR count). The molecule has 2 aromatic rings. The van der Waals surface area contributed by atoms with E-state index in [2.05, 4.69) is 20.6 Å². The maximum Gasteiger partial charge on any atom is 0.227 e. The van der Waals surface area contributed by atoms with Gasteiger partial charge in [0.1, 0.15) is 5.82 Å². The number of halogens is 1. The molecule has 0 atom stereocenters. The molecular formula is C19H24ClN5O. The average molecular weight is 374 g/mol. The number of amides is 1. The van der Waals surface area contributed by atoms with Crippen molar-refractivity contribution in [3.63, 3.8) is 0 Å². The molecule has 1 aromatic carbocycles. The minimum absolute atomic E-state index is 0.0990. The van der Waals surface area contributed by atoms with E-state index in [0.717, 1.165) is 16.1 Å². The first-order chi connectivity index (χ1) is 12.5. The third kappa shape index (κ3) is 6.04. The van der Waals surface area contributed by atoms with Crippen molar-refractivity contribution in [3.8, 4) is 0 Å². The van der Waals surface area contributed by atoms with E-state index in [4.69, 9.17) is 11.6 Å². The van der Waals surface area contributed by atoms with Gasteiger partial charge >= 0.3 is 0 Å². The van der Waals surface area contributed by atoms with Crippen molar-refractivity contribution in [1.29, 1.82) is 0 Å². The molecule has 2 N–H and O–H groups in total. The molecular weight excluding hydrogens is 350 g/mol. The van der Waals surface area contributed by atoms with Crippen molar-refractivity contribution in [2.75, 3.05) is 26.0 Å². The third-order valence-electron chi connectivity index (χ3n) is 3.75. The highest BCUT2D eigenvalue weighted by Crippen LogP contribution is 2.16. The van der Waals surface area contributed by atoms with Gasteiger partial charge in [0.2, 0.25) is 5.91 Å². The first-order valence-corrected chi connectivity index (χ1v) is 8.75. The van der Waals surface area contributed by atoms with Crippen molar-refractivity contribution >= 4 is 29.3 Å². The molecule has 0 unspecified atom stereocenters. The molecule has 0 aliphatic rings. The molecule has 0 spiro atoms. The molecule has 1 amide bonds. The van der Waals surface area contributed by atoms with Gasteiger partial charge in [-0.05, 0) is 30.2 Å². The molecule has 0 saturated heterocycles. The summed E-state index contributed by atoms with van der Waals surface area (Å²) in [4.78, 5) is 22.4. The molecule has 1 aromatic heterocycles. The largest absolute Gasteiger partial charge is 0.356 e. The summed E-state index contributed by atoms with van der Waals surface area (Å²) in [6.07, 6.45) is 2.04. The van der Waals surface area contributed by atoms with Gasteiger partial charge in [-0.1, -0.05) is 35.9 Å². The summed E-state index contributed by atoms with van der Waals surface area (Å²) in [5.41, 5.74) is 2.07. The maximum absolute atomic E-state index is 12.0. The lowest BCUT2D eigenvalue weighted by molar-refractivity contribution is -0.116. The van der Waals surface area contributed by atoms with Gasteiger partial charge in [0.05, 0.1) is 0 Å². The number of hydrogen-bond donors (Lipinski definition) is 2. The zero-order chi connectivity index (χ0) is 18.9. The summed E-state index contributed by atoms with van der Waals surface area (Å²) in [6, 6.07) is 11.4. The lowest BCUT2D eigenvalue weighted by Crippen LogP contribution is -2.39. The topological polar surface area (TPSA) is 69.6 Å². The van der Waals surface area contributed by atoms with Crippen molar-refractivity contribution < 1.29 is 4.79 Å². The van der Waals surface area contributed by atoms with E-state index >= 15 is 0 Å². The Balaban J connectivity index is 1.80. The Morgan fingerprint density at radius 3 is 2.69 bits per heavy atom. The fourth-order valence-electron chi connectivity index (χ4n) is 2.38. The highest BCUT2D eigenvalue weighted by molar-refractivity contribution is 6.31. The Kier molecular flexibility index (Phi) is 7.41. The van der Waals surface area contributed by atoms with E-state index in [0.29, 0.717) is 31.3 Å². The summed E-state index contributed by atoms with van der Waals surface area (Å²) in [6.45, 7) is 3.04. The lowest BCUT2D eigenvalue weighted by Gasteiger charge is -2.22. The van der Waals surface area contributed by atoms with E-state index in [1.807, 2.05) is 49.2 Å². The predicted molar refractivity (Wildman–Crippen MR) is 107 cm³/mol. The minimum atomic E-state index is -0.0990. The number of carbonyl (C=O) groups is 1. The highest BCUT2D eigenvalue weighted by Gasteiger charge is 2.09. The monoisotopic (exact) mass is 373 g/mol. The molecule has 0 saturated carbocycles. The van der Waals surface area contributed by atoms with Crippen LogP contribution in [0.3, 0.4) is 0 Å². The summed E-state index contributed by atoms with van der Waals surface area (Å²) in [5, 5.41) is 6.68. The van der Waals surface area contributed by atoms with E-state index in [-0.39, 0.29) is 5.91 Å². The van der Waals surface area contributed by atoms with Gasteiger partial charge in [0.15, 0.2) is 5.96 Å². The number of rotatable bonds is 6. The Labute approximate surface area is 159 Å². The number of nitrogens with zero attached hydrogens (tertiary/aromatic N) is 3. The van der Waals surface area contributed by atoms with Crippen molar-refractivity contribution in [2.45, 2.75) is 19.9 Å². The van der Waals surface area contributed by atoms with Crippen LogP contribution < -0.4 is 10.6 Å².